The van der Waals surface area contributed by atoms with Crippen LogP contribution in [0, 0.1) is 5.92 Å². The molecule has 6 nitrogen and oxygen atoms in total. The maximum atomic E-state index is 6.06. The van der Waals surface area contributed by atoms with Gasteiger partial charge in [0.05, 0.1) is 26.4 Å². The lowest BCUT2D eigenvalue weighted by Gasteiger charge is -2.15. The van der Waals surface area contributed by atoms with Crippen molar-refractivity contribution in [3.8, 4) is 23.0 Å². The fourth-order valence-corrected chi connectivity index (χ4v) is 3.99. The van der Waals surface area contributed by atoms with Crippen molar-refractivity contribution in [3.05, 3.63) is 72.8 Å². The molecule has 0 N–H and O–H groups in total. The van der Waals surface area contributed by atoms with Crippen LogP contribution in [0.3, 0.4) is 0 Å². The zero-order valence-electron chi connectivity index (χ0n) is 20.4. The van der Waals surface area contributed by atoms with Gasteiger partial charge < -0.3 is 28.4 Å². The Kier molecular flexibility index (Phi) is 6.53. The Morgan fingerprint density at radius 3 is 1.25 bits per heavy atom. The number of hydrogen-bond acceptors (Lipinski definition) is 6. The summed E-state index contributed by atoms with van der Waals surface area (Å²) in [5.41, 5.74) is 0. The van der Waals surface area contributed by atoms with Crippen LogP contribution in [0.25, 0.3) is 21.5 Å². The molecule has 0 amide bonds. The Labute approximate surface area is 210 Å². The molecule has 2 saturated heterocycles. The van der Waals surface area contributed by atoms with Crippen LogP contribution < -0.4 is 18.9 Å². The molecule has 4 aromatic rings. The Balaban J connectivity index is 0.991. The molecule has 2 fully saturated rings. The summed E-state index contributed by atoms with van der Waals surface area (Å²) in [6.07, 6.45) is 0.508. The molecule has 4 aromatic carbocycles. The van der Waals surface area contributed by atoms with Crippen molar-refractivity contribution in [3.63, 3.8) is 0 Å². The smallest absolute Gasteiger partial charge is 0.120 e. The maximum Gasteiger partial charge on any atom is 0.120 e. The predicted molar refractivity (Wildman–Crippen MR) is 139 cm³/mol. The summed E-state index contributed by atoms with van der Waals surface area (Å²) in [7, 11) is 0. The standard InChI is InChI=1S/C30H30O6/c1-20(14-31-25-6-2-23-12-27(8-4-21(23)10-25)33-16-29-18-35-29)15-32-26-7-3-24-13-28(9-5-22(24)11-26)34-17-30-19-36-30/h2-13,20,29-30H,14-19H2,1H3. The Morgan fingerprint density at radius 2 is 0.917 bits per heavy atom. The molecule has 2 aliphatic rings. The topological polar surface area (TPSA) is 62.0 Å². The molecule has 2 aliphatic heterocycles. The number of fused-ring (bicyclic) bond motifs is 2. The third-order valence-corrected chi connectivity index (χ3v) is 6.31. The van der Waals surface area contributed by atoms with Crippen LogP contribution in [0.5, 0.6) is 23.0 Å². The van der Waals surface area contributed by atoms with E-state index in [1.807, 2.05) is 24.3 Å². The molecular weight excluding hydrogens is 456 g/mol. The molecule has 0 aliphatic carbocycles. The van der Waals surface area contributed by atoms with E-state index < -0.39 is 0 Å². The largest absolute Gasteiger partial charge is 0.493 e. The highest BCUT2D eigenvalue weighted by atomic mass is 16.6. The maximum absolute atomic E-state index is 6.06. The molecule has 0 bridgehead atoms. The van der Waals surface area contributed by atoms with Gasteiger partial charge in [0.2, 0.25) is 0 Å². The summed E-state index contributed by atoms with van der Waals surface area (Å²) in [5.74, 6) is 3.67. The number of epoxide rings is 2. The van der Waals surface area contributed by atoms with Crippen molar-refractivity contribution in [1.82, 2.24) is 0 Å². The first kappa shape index (κ1) is 23.0. The molecule has 0 aromatic heterocycles. The third-order valence-electron chi connectivity index (χ3n) is 6.31. The number of rotatable bonds is 12. The summed E-state index contributed by atoms with van der Waals surface area (Å²) in [4.78, 5) is 0. The van der Waals surface area contributed by atoms with Crippen LogP contribution >= 0.6 is 0 Å². The van der Waals surface area contributed by atoms with Crippen molar-refractivity contribution in [2.45, 2.75) is 19.1 Å². The average molecular weight is 487 g/mol. The fourth-order valence-electron chi connectivity index (χ4n) is 3.99. The molecule has 6 rings (SSSR count). The second-order valence-electron chi connectivity index (χ2n) is 9.60. The van der Waals surface area contributed by atoms with Gasteiger partial charge in [0.15, 0.2) is 0 Å². The van der Waals surface area contributed by atoms with E-state index in [9.17, 15) is 0 Å². The zero-order chi connectivity index (χ0) is 24.3. The molecule has 186 valence electrons. The van der Waals surface area contributed by atoms with E-state index in [0.717, 1.165) is 57.8 Å². The fraction of sp³-hybridized carbons (Fsp3) is 0.333. The Hall–Kier alpha value is -3.48. The van der Waals surface area contributed by atoms with Crippen molar-refractivity contribution in [2.24, 2.45) is 5.92 Å². The Bertz CT molecular complexity index is 1240. The lowest BCUT2D eigenvalue weighted by molar-refractivity contribution is 0.188. The van der Waals surface area contributed by atoms with Crippen LogP contribution in [0.1, 0.15) is 6.92 Å². The summed E-state index contributed by atoms with van der Waals surface area (Å²) >= 11 is 0. The minimum absolute atomic E-state index is 0.234. The van der Waals surface area contributed by atoms with E-state index in [-0.39, 0.29) is 18.1 Å². The minimum atomic E-state index is 0.234. The summed E-state index contributed by atoms with van der Waals surface area (Å²) in [5, 5.41) is 4.49. The molecule has 0 saturated carbocycles. The van der Waals surface area contributed by atoms with E-state index >= 15 is 0 Å². The van der Waals surface area contributed by atoms with Gasteiger partial charge in [0, 0.05) is 5.92 Å². The van der Waals surface area contributed by atoms with Crippen molar-refractivity contribution in [2.75, 3.05) is 39.6 Å². The van der Waals surface area contributed by atoms with Gasteiger partial charge in [-0.2, -0.15) is 0 Å². The summed E-state index contributed by atoms with van der Waals surface area (Å²) < 4.78 is 34.1. The second-order valence-corrected chi connectivity index (χ2v) is 9.60. The van der Waals surface area contributed by atoms with Crippen molar-refractivity contribution < 1.29 is 28.4 Å². The molecule has 0 spiro atoms. The van der Waals surface area contributed by atoms with E-state index in [2.05, 4.69) is 55.5 Å². The molecule has 36 heavy (non-hydrogen) atoms. The van der Waals surface area contributed by atoms with Crippen LogP contribution in [-0.4, -0.2) is 51.8 Å². The Morgan fingerprint density at radius 1 is 0.583 bits per heavy atom. The van der Waals surface area contributed by atoms with E-state index in [4.69, 9.17) is 28.4 Å². The normalized spacial score (nSPS) is 19.1. The van der Waals surface area contributed by atoms with Gasteiger partial charge in [-0.3, -0.25) is 0 Å². The first-order chi connectivity index (χ1) is 17.7. The highest BCUT2D eigenvalue weighted by Crippen LogP contribution is 2.27. The lowest BCUT2D eigenvalue weighted by Crippen LogP contribution is -2.16. The van der Waals surface area contributed by atoms with Gasteiger partial charge >= 0.3 is 0 Å². The van der Waals surface area contributed by atoms with E-state index in [0.29, 0.717) is 26.4 Å². The van der Waals surface area contributed by atoms with E-state index in [1.165, 1.54) is 0 Å². The lowest BCUT2D eigenvalue weighted by atomic mass is 10.1. The minimum Gasteiger partial charge on any atom is -0.493 e. The average Bonchev–Trinajstić information content (AvgIpc) is 3.83. The van der Waals surface area contributed by atoms with Crippen LogP contribution in [0.4, 0.5) is 0 Å². The zero-order valence-corrected chi connectivity index (χ0v) is 20.4. The van der Waals surface area contributed by atoms with Gasteiger partial charge in [-0.15, -0.1) is 0 Å². The molecule has 2 heterocycles. The van der Waals surface area contributed by atoms with Crippen molar-refractivity contribution in [1.29, 1.82) is 0 Å². The molecule has 2 unspecified atom stereocenters. The second kappa shape index (κ2) is 10.2. The highest BCUT2D eigenvalue weighted by Gasteiger charge is 2.23. The predicted octanol–water partition coefficient (Wildman–Crippen LogP) is 5.64. The first-order valence-electron chi connectivity index (χ1n) is 12.5. The van der Waals surface area contributed by atoms with Crippen LogP contribution in [0.2, 0.25) is 0 Å². The van der Waals surface area contributed by atoms with E-state index in [1.54, 1.807) is 0 Å². The van der Waals surface area contributed by atoms with Gasteiger partial charge in [-0.05, 0) is 70.1 Å². The molecule has 2 atom stereocenters. The molecule has 6 heteroatoms. The van der Waals surface area contributed by atoms with Crippen molar-refractivity contribution >= 4 is 21.5 Å². The van der Waals surface area contributed by atoms with Gasteiger partial charge in [0.1, 0.15) is 48.4 Å². The SMILES string of the molecule is CC(COc1ccc2cc(OCC3CO3)ccc2c1)COc1ccc2cc(OCC3CO3)ccc2c1. The number of hydrogen-bond donors (Lipinski definition) is 0. The van der Waals surface area contributed by atoms with Gasteiger partial charge in [-0.1, -0.05) is 31.2 Å². The third kappa shape index (κ3) is 6.01. The summed E-state index contributed by atoms with van der Waals surface area (Å²) in [6, 6.07) is 24.5. The van der Waals surface area contributed by atoms with Gasteiger partial charge in [0.25, 0.3) is 0 Å². The quantitative estimate of drug-likeness (QED) is 0.242. The summed E-state index contributed by atoms with van der Waals surface area (Å²) in [6.45, 7) is 6.10. The molecular formula is C30H30O6. The first-order valence-corrected chi connectivity index (χ1v) is 12.5. The highest BCUT2D eigenvalue weighted by molar-refractivity contribution is 5.86. The van der Waals surface area contributed by atoms with Crippen LogP contribution in [-0.2, 0) is 9.47 Å². The number of ether oxygens (including phenoxy) is 6. The monoisotopic (exact) mass is 486 g/mol. The van der Waals surface area contributed by atoms with Gasteiger partial charge in [-0.25, -0.2) is 0 Å². The van der Waals surface area contributed by atoms with Crippen LogP contribution in [0.15, 0.2) is 72.8 Å². The molecule has 0 radical (unpaired) electrons. The number of benzene rings is 4.